The van der Waals surface area contributed by atoms with Crippen molar-refractivity contribution < 1.29 is 43.4 Å². The average Bonchev–Trinajstić information content (AvgIpc) is 3.25. The van der Waals surface area contributed by atoms with Crippen LogP contribution in [0.1, 0.15) is 153 Å². The van der Waals surface area contributed by atoms with Gasteiger partial charge in [-0.3, -0.25) is 24.0 Å². The number of benzene rings is 2. The van der Waals surface area contributed by atoms with Crippen molar-refractivity contribution in [2.45, 2.75) is 174 Å². The van der Waals surface area contributed by atoms with E-state index in [9.17, 15) is 38.7 Å². The van der Waals surface area contributed by atoms with Gasteiger partial charge in [-0.15, -0.1) is 0 Å². The molecule has 1 saturated carbocycles. The zero-order valence-corrected chi connectivity index (χ0v) is 39.5. The number of carboxylic acids is 1. The highest BCUT2D eigenvalue weighted by molar-refractivity contribution is 6.09. The Morgan fingerprint density at radius 1 is 0.615 bits per heavy atom. The van der Waals surface area contributed by atoms with Crippen LogP contribution in [0.4, 0.5) is 4.79 Å². The summed E-state index contributed by atoms with van der Waals surface area (Å²) >= 11 is 0. The second-order valence-electron chi connectivity index (χ2n) is 19.7. The lowest BCUT2D eigenvalue weighted by molar-refractivity contribution is -0.143. The molecule has 2 aromatic carbocycles. The number of ketones is 1. The number of alkyl carbamates (subject to hydrolysis) is 1. The minimum absolute atomic E-state index is 0.00276. The molecular formula is C51H73N5O9. The van der Waals surface area contributed by atoms with Gasteiger partial charge in [0, 0.05) is 17.5 Å². The molecule has 0 unspecified atom stereocenters. The van der Waals surface area contributed by atoms with Gasteiger partial charge in [-0.25, -0.2) is 9.59 Å². The second kappa shape index (κ2) is 25.2. The van der Waals surface area contributed by atoms with Gasteiger partial charge in [0.1, 0.15) is 35.8 Å². The van der Waals surface area contributed by atoms with E-state index in [1.54, 1.807) is 69.3 Å². The molecule has 0 heterocycles. The van der Waals surface area contributed by atoms with Crippen molar-refractivity contribution in [3.63, 3.8) is 0 Å². The Labute approximate surface area is 385 Å². The highest BCUT2D eigenvalue weighted by Crippen LogP contribution is 2.28. The van der Waals surface area contributed by atoms with Crippen LogP contribution in [0, 0.1) is 17.8 Å². The van der Waals surface area contributed by atoms with E-state index in [0.29, 0.717) is 23.1 Å². The fourth-order valence-electron chi connectivity index (χ4n) is 8.48. The van der Waals surface area contributed by atoms with Gasteiger partial charge in [0.2, 0.25) is 23.6 Å². The molecule has 6 N–H and O–H groups in total. The summed E-state index contributed by atoms with van der Waals surface area (Å²) < 4.78 is 5.50. The summed E-state index contributed by atoms with van der Waals surface area (Å²) in [6.45, 7) is 12.7. The first-order valence-electron chi connectivity index (χ1n) is 23.6. The van der Waals surface area contributed by atoms with Gasteiger partial charge in [-0.2, -0.15) is 0 Å². The maximum absolute atomic E-state index is 14.4. The quantitative estimate of drug-likeness (QED) is 0.0516. The number of hydrogen-bond donors (Lipinski definition) is 6. The number of carbonyl (C=O) groups is 7. The van der Waals surface area contributed by atoms with E-state index in [0.717, 1.165) is 63.4 Å². The number of aliphatic carboxylic acids is 1. The van der Waals surface area contributed by atoms with Gasteiger partial charge in [0.25, 0.3) is 0 Å². The van der Waals surface area contributed by atoms with Crippen LogP contribution >= 0.6 is 0 Å². The molecule has 2 aliphatic rings. The lowest BCUT2D eigenvalue weighted by Crippen LogP contribution is -2.59. The zero-order chi connectivity index (χ0) is 47.7. The zero-order valence-electron chi connectivity index (χ0n) is 39.5. The molecular weight excluding hydrogens is 827 g/mol. The lowest BCUT2D eigenvalue weighted by atomic mass is 9.84. The summed E-state index contributed by atoms with van der Waals surface area (Å²) in [6, 6.07) is 9.98. The minimum atomic E-state index is -1.20. The van der Waals surface area contributed by atoms with E-state index in [2.05, 4.69) is 32.7 Å². The molecule has 4 rings (SSSR count). The van der Waals surface area contributed by atoms with Crippen LogP contribution in [0.3, 0.4) is 0 Å². The van der Waals surface area contributed by atoms with E-state index in [1.165, 1.54) is 0 Å². The molecule has 65 heavy (non-hydrogen) atoms. The average molecular weight is 900 g/mol. The van der Waals surface area contributed by atoms with Gasteiger partial charge in [-0.1, -0.05) is 126 Å². The Kier molecular flexibility index (Phi) is 20.2. The third-order valence-electron chi connectivity index (χ3n) is 11.8. The van der Waals surface area contributed by atoms with E-state index >= 15 is 0 Å². The van der Waals surface area contributed by atoms with E-state index in [1.807, 2.05) is 33.8 Å². The molecule has 1 fully saturated rings. The van der Waals surface area contributed by atoms with Crippen LogP contribution < -0.4 is 26.6 Å². The highest BCUT2D eigenvalue weighted by atomic mass is 16.6. The van der Waals surface area contributed by atoms with Crippen molar-refractivity contribution in [3.8, 4) is 0 Å². The SMILES string of the molecule is CC(C)C[C@@H](NC(=O)[C@H](CC1=CCCCC1)NC(=O)[C@@H](CC(C)C)NC(=O)[C@H](Cc1ccc(C(=O)c2ccccc2)cc1)NC(=O)OC(C)(C)C)C(=O)N[C@@H](CC1CCCCC1)C(=O)O. The number of amides is 5. The van der Waals surface area contributed by atoms with Crippen molar-refractivity contribution in [1.82, 2.24) is 26.6 Å². The first-order valence-corrected chi connectivity index (χ1v) is 23.6. The molecule has 5 atom stereocenters. The standard InChI is InChI=1S/C51H73N5O9/c1-32(2)27-39(53-48(61)42(56-50(64)65-51(5,6)7)30-36-23-25-38(26-24-36)44(57)37-21-15-10-16-22-37)45(58)54-41(29-34-17-11-8-12-18-34)47(60)52-40(28-33(3)4)46(59)55-43(49(62)63)31-35-19-13-9-14-20-35/h10,15-17,21-26,32-33,35,39-43H,8-9,11-14,18-20,27-31H2,1-7H3,(H,52,60)(H,53,61)(H,54,58)(H,55,59)(H,56,64)(H,62,63)/t39-,40-,41+,42+,43+/m1/s1. The third kappa shape index (κ3) is 18.1. The van der Waals surface area contributed by atoms with Gasteiger partial charge < -0.3 is 36.4 Å². The summed E-state index contributed by atoms with van der Waals surface area (Å²) in [7, 11) is 0. The smallest absolute Gasteiger partial charge is 0.408 e. The first kappa shape index (κ1) is 52.1. The Morgan fingerprint density at radius 2 is 1.12 bits per heavy atom. The molecule has 2 aromatic rings. The van der Waals surface area contributed by atoms with Crippen molar-refractivity contribution in [2.24, 2.45) is 17.8 Å². The fourth-order valence-corrected chi connectivity index (χ4v) is 8.48. The normalized spacial score (nSPS) is 16.8. The first-order chi connectivity index (χ1) is 30.8. The summed E-state index contributed by atoms with van der Waals surface area (Å²) in [5.74, 6) is -3.69. The fraction of sp³-hybridized carbons (Fsp3) is 0.588. The van der Waals surface area contributed by atoms with Crippen LogP contribution in [0.2, 0.25) is 0 Å². The Balaban J connectivity index is 1.56. The van der Waals surface area contributed by atoms with Gasteiger partial charge >= 0.3 is 12.1 Å². The van der Waals surface area contributed by atoms with Crippen LogP contribution in [0.25, 0.3) is 0 Å². The van der Waals surface area contributed by atoms with Gasteiger partial charge in [-0.05, 0) is 95.5 Å². The number of carbonyl (C=O) groups excluding carboxylic acids is 6. The van der Waals surface area contributed by atoms with E-state index in [4.69, 9.17) is 4.74 Å². The van der Waals surface area contributed by atoms with Crippen LogP contribution in [-0.4, -0.2) is 82.4 Å². The van der Waals surface area contributed by atoms with E-state index < -0.39 is 71.5 Å². The lowest BCUT2D eigenvalue weighted by Gasteiger charge is -2.29. The van der Waals surface area contributed by atoms with E-state index in [-0.39, 0.29) is 49.2 Å². The largest absolute Gasteiger partial charge is 0.480 e. The predicted octanol–water partition coefficient (Wildman–Crippen LogP) is 7.33. The van der Waals surface area contributed by atoms with Gasteiger partial charge in [0.05, 0.1) is 0 Å². The molecule has 0 radical (unpaired) electrons. The van der Waals surface area contributed by atoms with Crippen LogP contribution in [0.15, 0.2) is 66.2 Å². The number of nitrogens with one attached hydrogen (secondary N) is 5. The maximum atomic E-state index is 14.4. The van der Waals surface area contributed by atoms with Crippen LogP contribution in [-0.2, 0) is 35.1 Å². The molecule has 14 nitrogen and oxygen atoms in total. The second-order valence-corrected chi connectivity index (χ2v) is 19.7. The minimum Gasteiger partial charge on any atom is -0.480 e. The summed E-state index contributed by atoms with van der Waals surface area (Å²) in [5, 5.41) is 24.1. The monoisotopic (exact) mass is 900 g/mol. The topological polar surface area (TPSA) is 209 Å². The van der Waals surface area contributed by atoms with Crippen molar-refractivity contribution in [1.29, 1.82) is 0 Å². The summed E-state index contributed by atoms with van der Waals surface area (Å²) in [6.07, 6.45) is 10.7. The molecule has 0 bridgehead atoms. The van der Waals surface area contributed by atoms with Gasteiger partial charge in [0.15, 0.2) is 5.78 Å². The molecule has 0 aromatic heterocycles. The molecule has 0 saturated heterocycles. The number of carboxylic acid groups (broad SMARTS) is 1. The number of rotatable bonds is 22. The van der Waals surface area contributed by atoms with Crippen molar-refractivity contribution in [3.05, 3.63) is 82.9 Å². The molecule has 356 valence electrons. The predicted molar refractivity (Wildman–Crippen MR) is 250 cm³/mol. The molecule has 0 aliphatic heterocycles. The van der Waals surface area contributed by atoms with Crippen molar-refractivity contribution in [2.75, 3.05) is 0 Å². The van der Waals surface area contributed by atoms with Crippen LogP contribution in [0.5, 0.6) is 0 Å². The molecule has 14 heteroatoms. The van der Waals surface area contributed by atoms with Crippen molar-refractivity contribution >= 4 is 41.5 Å². The molecule has 2 aliphatic carbocycles. The summed E-state index contributed by atoms with van der Waals surface area (Å²) in [4.78, 5) is 95.3. The molecule has 0 spiro atoms. The maximum Gasteiger partial charge on any atom is 0.408 e. The number of ether oxygens (including phenoxy) is 1. The Morgan fingerprint density at radius 3 is 1.63 bits per heavy atom. The Hall–Kier alpha value is -5.53. The number of hydrogen-bond acceptors (Lipinski definition) is 8. The molecule has 5 amide bonds. The summed E-state index contributed by atoms with van der Waals surface area (Å²) in [5.41, 5.74) is 1.74. The number of allylic oxidation sites excluding steroid dienone is 1. The Bertz CT molecular complexity index is 1950. The third-order valence-corrected chi connectivity index (χ3v) is 11.8. The highest BCUT2D eigenvalue weighted by Gasteiger charge is 2.35.